The summed E-state index contributed by atoms with van der Waals surface area (Å²) in [6, 6.07) is 11.1. The van der Waals surface area contributed by atoms with Crippen molar-refractivity contribution in [3.05, 3.63) is 85.8 Å². The van der Waals surface area contributed by atoms with Gasteiger partial charge in [-0.1, -0.05) is 23.7 Å². The Labute approximate surface area is 202 Å². The quantitative estimate of drug-likeness (QED) is 0.359. The van der Waals surface area contributed by atoms with Gasteiger partial charge in [0.25, 0.3) is 5.56 Å². The fraction of sp³-hybridized carbons (Fsp3) is 0.174. The van der Waals surface area contributed by atoms with Gasteiger partial charge in [-0.2, -0.15) is 4.68 Å². The lowest BCUT2D eigenvalue weighted by molar-refractivity contribution is -0.136. The number of nitrogen functional groups attached to an aromatic ring is 2. The molecule has 4 aromatic rings. The van der Waals surface area contributed by atoms with Crippen LogP contribution in [0.25, 0.3) is 22.0 Å². The van der Waals surface area contributed by atoms with E-state index in [9.17, 15) is 19.5 Å². The monoisotopic (exact) mass is 497 g/mol. The standard InChI is InChI=1S/C23H20ClN5O4S/c24-15-2-4-20-17(7-15)14(11-34-20)9-27-8-13(6-21(30)31)16-3-1-12(5-19(16)27)18-10-28(25)23(33)29(26)22(18)32/h1-5,7-8,10,14H,6,9,11,25-26H2,(H,30,31). The number of nitrogens with two attached hydrogens (primary N) is 2. The van der Waals surface area contributed by atoms with E-state index in [0.717, 1.165) is 26.9 Å². The number of aromatic nitrogens is 3. The lowest BCUT2D eigenvalue weighted by Gasteiger charge is -2.14. The minimum Gasteiger partial charge on any atom is -0.481 e. The fourth-order valence-electron chi connectivity index (χ4n) is 4.42. The van der Waals surface area contributed by atoms with Crippen molar-refractivity contribution in [2.45, 2.75) is 23.8 Å². The summed E-state index contributed by atoms with van der Waals surface area (Å²) >= 11 is 7.99. The lowest BCUT2D eigenvalue weighted by atomic mass is 10.0. The third-order valence-electron chi connectivity index (χ3n) is 6.03. The van der Waals surface area contributed by atoms with E-state index in [1.165, 1.54) is 11.1 Å². The molecule has 0 bridgehead atoms. The second-order valence-electron chi connectivity index (χ2n) is 8.21. The van der Waals surface area contributed by atoms with E-state index < -0.39 is 17.2 Å². The van der Waals surface area contributed by atoms with Crippen molar-refractivity contribution >= 4 is 40.2 Å². The molecule has 1 unspecified atom stereocenters. The summed E-state index contributed by atoms with van der Waals surface area (Å²) in [5, 5.41) is 10.9. The number of hydrogen-bond donors (Lipinski definition) is 3. The lowest BCUT2D eigenvalue weighted by Crippen LogP contribution is -2.47. The summed E-state index contributed by atoms with van der Waals surface area (Å²) in [6.07, 6.45) is 2.96. The number of nitrogens with zero attached hydrogens (tertiary/aromatic N) is 3. The van der Waals surface area contributed by atoms with Crippen molar-refractivity contribution in [1.29, 1.82) is 0 Å². The number of thioether (sulfide) groups is 1. The zero-order valence-corrected chi connectivity index (χ0v) is 19.3. The van der Waals surface area contributed by atoms with Crippen molar-refractivity contribution in [3.8, 4) is 11.1 Å². The van der Waals surface area contributed by atoms with Crippen molar-refractivity contribution < 1.29 is 9.90 Å². The summed E-state index contributed by atoms with van der Waals surface area (Å²) < 4.78 is 3.23. The highest BCUT2D eigenvalue weighted by atomic mass is 35.5. The van der Waals surface area contributed by atoms with Gasteiger partial charge in [0.15, 0.2) is 0 Å². The Balaban J connectivity index is 1.64. The molecule has 174 valence electrons. The highest BCUT2D eigenvalue weighted by Gasteiger charge is 2.25. The molecule has 0 saturated heterocycles. The molecule has 9 nitrogen and oxygen atoms in total. The molecule has 0 fully saturated rings. The molecule has 0 saturated carbocycles. The van der Waals surface area contributed by atoms with Crippen LogP contribution in [0, 0.1) is 0 Å². The first-order valence-corrected chi connectivity index (χ1v) is 11.7. The second kappa shape index (κ2) is 8.30. The van der Waals surface area contributed by atoms with E-state index in [0.29, 0.717) is 27.4 Å². The molecule has 5 N–H and O–H groups in total. The molecule has 0 aliphatic carbocycles. The van der Waals surface area contributed by atoms with Crippen LogP contribution >= 0.6 is 23.4 Å². The van der Waals surface area contributed by atoms with Gasteiger partial charge in [0.2, 0.25) is 0 Å². The van der Waals surface area contributed by atoms with Crippen LogP contribution in [0.5, 0.6) is 0 Å². The molecule has 34 heavy (non-hydrogen) atoms. The van der Waals surface area contributed by atoms with Gasteiger partial charge in [-0.05, 0) is 41.0 Å². The number of carboxylic acids is 1. The molecule has 3 heterocycles. The van der Waals surface area contributed by atoms with Crippen LogP contribution in [0.15, 0.2) is 63.3 Å². The number of aliphatic carboxylic acids is 1. The van der Waals surface area contributed by atoms with Crippen LogP contribution in [-0.4, -0.2) is 30.7 Å². The summed E-state index contributed by atoms with van der Waals surface area (Å²) in [5.74, 6) is 11.4. The third-order valence-corrected chi connectivity index (χ3v) is 7.52. The molecular formula is C23H20ClN5O4S. The molecule has 11 heteroatoms. The summed E-state index contributed by atoms with van der Waals surface area (Å²) in [4.78, 5) is 37.2. The molecule has 1 aliphatic rings. The average Bonchev–Trinajstić information content (AvgIpc) is 3.35. The largest absolute Gasteiger partial charge is 0.481 e. The zero-order chi connectivity index (χ0) is 24.1. The van der Waals surface area contributed by atoms with Gasteiger partial charge in [0, 0.05) is 51.4 Å². The summed E-state index contributed by atoms with van der Waals surface area (Å²) in [7, 11) is 0. The van der Waals surface area contributed by atoms with Crippen LogP contribution in [0.1, 0.15) is 17.0 Å². The van der Waals surface area contributed by atoms with Crippen LogP contribution in [0.2, 0.25) is 5.02 Å². The van der Waals surface area contributed by atoms with Gasteiger partial charge in [0.05, 0.1) is 12.0 Å². The number of halogens is 1. The van der Waals surface area contributed by atoms with Gasteiger partial charge >= 0.3 is 11.7 Å². The smallest absolute Gasteiger partial charge is 0.368 e. The average molecular weight is 498 g/mol. The van der Waals surface area contributed by atoms with Gasteiger partial charge in [-0.15, -0.1) is 11.8 Å². The van der Waals surface area contributed by atoms with Gasteiger partial charge in [0.1, 0.15) is 0 Å². The Kier molecular flexibility index (Phi) is 5.41. The van der Waals surface area contributed by atoms with E-state index in [-0.39, 0.29) is 17.9 Å². The van der Waals surface area contributed by atoms with Crippen LogP contribution in [0.4, 0.5) is 0 Å². The van der Waals surface area contributed by atoms with E-state index in [1.807, 2.05) is 29.0 Å². The Morgan fingerprint density at radius 3 is 2.71 bits per heavy atom. The first kappa shape index (κ1) is 22.2. The number of hydrogen-bond acceptors (Lipinski definition) is 6. The number of carboxylic acid groups (broad SMARTS) is 1. The van der Waals surface area contributed by atoms with Gasteiger partial charge in [-0.3, -0.25) is 9.59 Å². The Morgan fingerprint density at radius 2 is 1.94 bits per heavy atom. The Hall–Kier alpha value is -3.63. The molecule has 0 spiro atoms. The Morgan fingerprint density at radius 1 is 1.15 bits per heavy atom. The van der Waals surface area contributed by atoms with Crippen molar-refractivity contribution in [2.24, 2.45) is 0 Å². The van der Waals surface area contributed by atoms with E-state index in [2.05, 4.69) is 0 Å². The van der Waals surface area contributed by atoms with Gasteiger partial charge in [-0.25, -0.2) is 9.47 Å². The predicted octanol–water partition coefficient (Wildman–Crippen LogP) is 2.23. The molecular weight excluding hydrogens is 478 g/mol. The van der Waals surface area contributed by atoms with E-state index >= 15 is 0 Å². The van der Waals surface area contributed by atoms with Crippen LogP contribution in [0.3, 0.4) is 0 Å². The molecule has 1 aliphatic heterocycles. The SMILES string of the molecule is Nn1cc(-c2ccc3c(CC(=O)O)cn(CC4CSc5ccc(Cl)cc54)c3c2)c(=O)n(N)c1=O. The highest BCUT2D eigenvalue weighted by Crippen LogP contribution is 2.42. The van der Waals surface area contributed by atoms with E-state index in [1.54, 1.807) is 30.0 Å². The third kappa shape index (κ3) is 3.74. The highest BCUT2D eigenvalue weighted by molar-refractivity contribution is 7.99. The van der Waals surface area contributed by atoms with Crippen molar-refractivity contribution in [3.63, 3.8) is 0 Å². The normalized spacial score (nSPS) is 15.0. The fourth-order valence-corrected chi connectivity index (χ4v) is 5.82. The molecule has 2 aromatic carbocycles. The van der Waals surface area contributed by atoms with Gasteiger partial charge < -0.3 is 21.4 Å². The topological polar surface area (TPSA) is 138 Å². The van der Waals surface area contributed by atoms with Crippen molar-refractivity contribution in [2.75, 3.05) is 17.4 Å². The maximum Gasteiger partial charge on any atom is 0.368 e. The Bertz CT molecular complexity index is 1590. The maximum atomic E-state index is 12.6. The van der Waals surface area contributed by atoms with Crippen LogP contribution < -0.4 is 22.9 Å². The first-order valence-electron chi connectivity index (χ1n) is 10.4. The number of benzene rings is 2. The number of fused-ring (bicyclic) bond motifs is 2. The van der Waals surface area contributed by atoms with Crippen LogP contribution in [-0.2, 0) is 17.8 Å². The minimum absolute atomic E-state index is 0.131. The first-order chi connectivity index (χ1) is 16.2. The molecule has 1 atom stereocenters. The minimum atomic E-state index is -0.932. The number of carbonyl (C=O) groups is 1. The number of rotatable bonds is 5. The van der Waals surface area contributed by atoms with Crippen molar-refractivity contribution in [1.82, 2.24) is 13.9 Å². The molecule has 2 aromatic heterocycles. The molecule has 0 radical (unpaired) electrons. The predicted molar refractivity (Wildman–Crippen MR) is 132 cm³/mol. The molecule has 5 rings (SSSR count). The van der Waals surface area contributed by atoms with E-state index in [4.69, 9.17) is 23.3 Å². The second-order valence-corrected chi connectivity index (χ2v) is 9.71. The molecule has 0 amide bonds. The summed E-state index contributed by atoms with van der Waals surface area (Å²) in [5.41, 5.74) is 1.77. The summed E-state index contributed by atoms with van der Waals surface area (Å²) in [6.45, 7) is 0.609. The maximum absolute atomic E-state index is 12.6. The zero-order valence-electron chi connectivity index (χ0n) is 17.8.